The van der Waals surface area contributed by atoms with Crippen LogP contribution < -0.4 is 0 Å². The zero-order valence-corrected chi connectivity index (χ0v) is 10.7. The van der Waals surface area contributed by atoms with Crippen LogP contribution >= 0.6 is 0 Å². The van der Waals surface area contributed by atoms with Crippen LogP contribution in [0.25, 0.3) is 6.08 Å². The molecule has 0 aliphatic heterocycles. The monoisotopic (exact) mass is 258 g/mol. The average molecular weight is 258 g/mol. The number of rotatable bonds is 4. The smallest absolute Gasteiger partial charge is 0.164 e. The number of hydrogen-bond acceptors (Lipinski definition) is 2. The van der Waals surface area contributed by atoms with Crippen LogP contribution in [-0.2, 0) is 17.1 Å². The third kappa shape index (κ3) is 3.57. The first kappa shape index (κ1) is 12.6. The Morgan fingerprint density at radius 2 is 1.44 bits per heavy atom. The van der Waals surface area contributed by atoms with E-state index in [4.69, 9.17) is 0 Å². The maximum absolute atomic E-state index is 11.3. The first-order valence-corrected chi connectivity index (χ1v) is 6.87. The first-order chi connectivity index (χ1) is 8.75. The van der Waals surface area contributed by atoms with Crippen molar-refractivity contribution >= 4 is 16.8 Å². The van der Waals surface area contributed by atoms with Crippen LogP contribution in [0.5, 0.6) is 0 Å². The lowest BCUT2D eigenvalue weighted by atomic mass is 10.1. The van der Waals surface area contributed by atoms with Gasteiger partial charge in [0.15, 0.2) is 10.7 Å². The minimum absolute atomic E-state index is 0.433. The van der Waals surface area contributed by atoms with E-state index in [2.05, 4.69) is 0 Å². The highest BCUT2D eigenvalue weighted by Crippen LogP contribution is 2.13. The molecule has 2 rings (SSSR count). The molecule has 0 unspecified atom stereocenters. The summed E-state index contributed by atoms with van der Waals surface area (Å²) in [6.07, 6.45) is 2.16. The van der Waals surface area contributed by atoms with E-state index in [1.807, 2.05) is 60.7 Å². The lowest BCUT2D eigenvalue weighted by Gasteiger charge is -2.01. The van der Waals surface area contributed by atoms with Gasteiger partial charge in [-0.25, -0.2) is 8.42 Å². The van der Waals surface area contributed by atoms with Gasteiger partial charge in [-0.2, -0.15) is 0 Å². The molecule has 2 aromatic carbocycles. The molecule has 0 N–H and O–H groups in total. The molecule has 0 heterocycles. The summed E-state index contributed by atoms with van der Waals surface area (Å²) in [6, 6.07) is 19.1. The number of thiol groups is 1. The molecule has 0 amide bonds. The predicted molar refractivity (Wildman–Crippen MR) is 74.9 cm³/mol. The molecule has 18 heavy (non-hydrogen) atoms. The molecular formula is C15H14O2S. The standard InChI is InChI=1S/C15H14O2S/c16-18(17)15(11-13-7-3-1-4-8-13)12-14-9-5-2-6-10-14/h1-11,18H,12H2. The molecule has 92 valence electrons. The van der Waals surface area contributed by atoms with Gasteiger partial charge in [0.05, 0.1) is 0 Å². The van der Waals surface area contributed by atoms with Crippen molar-refractivity contribution < 1.29 is 8.42 Å². The van der Waals surface area contributed by atoms with Crippen LogP contribution in [0.3, 0.4) is 0 Å². The zero-order valence-electron chi connectivity index (χ0n) is 9.82. The molecule has 0 aromatic heterocycles. The van der Waals surface area contributed by atoms with Gasteiger partial charge in [0.25, 0.3) is 0 Å². The van der Waals surface area contributed by atoms with Gasteiger partial charge in [-0.05, 0) is 17.2 Å². The summed E-state index contributed by atoms with van der Waals surface area (Å²) in [4.78, 5) is 0.433. The Hall–Kier alpha value is -1.87. The molecule has 2 nitrogen and oxygen atoms in total. The van der Waals surface area contributed by atoms with Crippen molar-refractivity contribution in [1.29, 1.82) is 0 Å². The van der Waals surface area contributed by atoms with Crippen molar-refractivity contribution in [2.45, 2.75) is 6.42 Å². The Balaban J connectivity index is 2.28. The van der Waals surface area contributed by atoms with Gasteiger partial charge in [-0.1, -0.05) is 60.7 Å². The fourth-order valence-corrected chi connectivity index (χ4v) is 2.28. The lowest BCUT2D eigenvalue weighted by molar-refractivity contribution is 0.619. The minimum Gasteiger partial charge on any atom is -0.227 e. The summed E-state index contributed by atoms with van der Waals surface area (Å²) in [6.45, 7) is 0. The van der Waals surface area contributed by atoms with Crippen LogP contribution in [0.2, 0.25) is 0 Å². The second kappa shape index (κ2) is 6.17. The molecular weight excluding hydrogens is 244 g/mol. The number of allylic oxidation sites excluding steroid dienone is 1. The van der Waals surface area contributed by atoms with Gasteiger partial charge >= 0.3 is 0 Å². The van der Waals surface area contributed by atoms with Gasteiger partial charge in [-0.15, -0.1) is 0 Å². The maximum Gasteiger partial charge on any atom is 0.164 e. The van der Waals surface area contributed by atoms with Crippen molar-refractivity contribution in [2.75, 3.05) is 0 Å². The Bertz CT molecular complexity index is 591. The predicted octanol–water partition coefficient (Wildman–Crippen LogP) is 2.88. The summed E-state index contributed by atoms with van der Waals surface area (Å²) in [5, 5.41) is 0. The Morgan fingerprint density at radius 3 is 2.00 bits per heavy atom. The van der Waals surface area contributed by atoms with E-state index < -0.39 is 10.7 Å². The Labute approximate surface area is 109 Å². The van der Waals surface area contributed by atoms with Gasteiger partial charge < -0.3 is 0 Å². The van der Waals surface area contributed by atoms with E-state index in [1.54, 1.807) is 6.08 Å². The molecule has 0 saturated carbocycles. The second-order valence-corrected chi connectivity index (χ2v) is 5.05. The van der Waals surface area contributed by atoms with Crippen molar-refractivity contribution in [3.8, 4) is 0 Å². The van der Waals surface area contributed by atoms with Gasteiger partial charge in [0.1, 0.15) is 0 Å². The summed E-state index contributed by atoms with van der Waals surface area (Å²) in [7, 11) is -2.55. The van der Waals surface area contributed by atoms with Crippen molar-refractivity contribution in [3.05, 3.63) is 76.7 Å². The first-order valence-electron chi connectivity index (χ1n) is 5.69. The van der Waals surface area contributed by atoms with E-state index in [9.17, 15) is 8.42 Å². The van der Waals surface area contributed by atoms with E-state index in [0.29, 0.717) is 11.3 Å². The van der Waals surface area contributed by atoms with Gasteiger partial charge in [0, 0.05) is 11.3 Å². The molecule has 0 fully saturated rings. The molecule has 0 bridgehead atoms. The normalized spacial score (nSPS) is 11.7. The number of hydrogen-bond donors (Lipinski definition) is 1. The van der Waals surface area contributed by atoms with Gasteiger partial charge in [-0.3, -0.25) is 0 Å². The third-order valence-corrected chi connectivity index (χ3v) is 3.35. The number of benzene rings is 2. The van der Waals surface area contributed by atoms with Crippen LogP contribution in [0.4, 0.5) is 0 Å². The largest absolute Gasteiger partial charge is 0.227 e. The van der Waals surface area contributed by atoms with Gasteiger partial charge in [0.2, 0.25) is 0 Å². The van der Waals surface area contributed by atoms with E-state index in [0.717, 1.165) is 11.1 Å². The molecule has 3 heteroatoms. The fourth-order valence-electron chi connectivity index (χ4n) is 1.71. The summed E-state index contributed by atoms with van der Waals surface area (Å²) in [5.41, 5.74) is 1.90. The van der Waals surface area contributed by atoms with Crippen molar-refractivity contribution in [3.63, 3.8) is 0 Å². The SMILES string of the molecule is O=[SH](=O)C(=Cc1ccccc1)Cc1ccccc1. The van der Waals surface area contributed by atoms with Crippen LogP contribution in [0, 0.1) is 0 Å². The average Bonchev–Trinajstić information content (AvgIpc) is 2.40. The van der Waals surface area contributed by atoms with E-state index >= 15 is 0 Å². The molecule has 0 atom stereocenters. The molecule has 0 spiro atoms. The highest BCUT2D eigenvalue weighted by atomic mass is 32.2. The summed E-state index contributed by atoms with van der Waals surface area (Å²) in [5.74, 6) is 0. The second-order valence-electron chi connectivity index (χ2n) is 3.97. The molecule has 0 radical (unpaired) electrons. The topological polar surface area (TPSA) is 34.1 Å². The lowest BCUT2D eigenvalue weighted by Crippen LogP contribution is -1.92. The van der Waals surface area contributed by atoms with Crippen LogP contribution in [-0.4, -0.2) is 8.42 Å². The maximum atomic E-state index is 11.3. The Kier molecular flexibility index (Phi) is 4.31. The molecule has 0 aliphatic carbocycles. The summed E-state index contributed by atoms with van der Waals surface area (Å²) >= 11 is 0. The van der Waals surface area contributed by atoms with Crippen LogP contribution in [0.15, 0.2) is 65.6 Å². The van der Waals surface area contributed by atoms with Crippen molar-refractivity contribution in [2.24, 2.45) is 0 Å². The van der Waals surface area contributed by atoms with E-state index in [1.165, 1.54) is 0 Å². The quantitative estimate of drug-likeness (QED) is 0.856. The van der Waals surface area contributed by atoms with Crippen LogP contribution in [0.1, 0.15) is 11.1 Å². The van der Waals surface area contributed by atoms with E-state index in [-0.39, 0.29) is 0 Å². The summed E-state index contributed by atoms with van der Waals surface area (Å²) < 4.78 is 22.6. The molecule has 2 aromatic rings. The van der Waals surface area contributed by atoms with Crippen molar-refractivity contribution in [1.82, 2.24) is 0 Å². The highest BCUT2D eigenvalue weighted by molar-refractivity contribution is 7.77. The molecule has 0 saturated heterocycles. The molecule has 0 aliphatic rings. The highest BCUT2D eigenvalue weighted by Gasteiger charge is 2.02. The minimum atomic E-state index is -2.55. The Morgan fingerprint density at radius 1 is 0.889 bits per heavy atom. The zero-order chi connectivity index (χ0) is 12.8. The fraction of sp³-hybridized carbons (Fsp3) is 0.0667. The third-order valence-electron chi connectivity index (χ3n) is 2.60.